The first kappa shape index (κ1) is 19.2. The minimum atomic E-state index is -3.35. The number of hydrogen-bond donors (Lipinski definition) is 0. The number of methoxy groups -OCH3 is 1. The van der Waals surface area contributed by atoms with Crippen LogP contribution in [0.1, 0.15) is 0 Å². The Morgan fingerprint density at radius 3 is 2.62 bits per heavy atom. The number of fused-ring (bicyclic) bond motifs is 1. The third-order valence-corrected chi connectivity index (χ3v) is 7.12. The smallest absolute Gasteiger partial charge is 0.179 e. The van der Waals surface area contributed by atoms with Gasteiger partial charge in [0.2, 0.25) is 0 Å². The van der Waals surface area contributed by atoms with Crippen LogP contribution < -0.4 is 0 Å². The van der Waals surface area contributed by atoms with Crippen molar-refractivity contribution in [2.24, 2.45) is 0 Å². The molecule has 2 aromatic carbocycles. The number of benzene rings is 2. The summed E-state index contributed by atoms with van der Waals surface area (Å²) in [7, 11) is -1.69. The Hall–Kier alpha value is -1.54. The lowest BCUT2D eigenvalue weighted by atomic mass is 10.3. The highest BCUT2D eigenvalue weighted by molar-refractivity contribution is 8.00. The Morgan fingerprint density at radius 1 is 1.15 bits per heavy atom. The van der Waals surface area contributed by atoms with Gasteiger partial charge < -0.3 is 9.30 Å². The molecule has 5 nitrogen and oxygen atoms in total. The molecule has 0 N–H and O–H groups in total. The minimum absolute atomic E-state index is 0.0345. The van der Waals surface area contributed by atoms with Gasteiger partial charge in [0.05, 0.1) is 28.3 Å². The molecule has 26 heavy (non-hydrogen) atoms. The molecule has 1 heterocycles. The molecule has 3 rings (SSSR count). The van der Waals surface area contributed by atoms with Crippen molar-refractivity contribution < 1.29 is 13.2 Å². The van der Waals surface area contributed by atoms with Crippen LogP contribution in [0.15, 0.2) is 58.6 Å². The predicted molar refractivity (Wildman–Crippen MR) is 106 cm³/mol. The Labute approximate surface area is 162 Å². The molecule has 0 aliphatic heterocycles. The highest BCUT2D eigenvalue weighted by Gasteiger charge is 2.16. The zero-order chi connectivity index (χ0) is 18.6. The van der Waals surface area contributed by atoms with E-state index in [0.29, 0.717) is 23.9 Å². The van der Waals surface area contributed by atoms with E-state index in [0.717, 1.165) is 16.2 Å². The van der Waals surface area contributed by atoms with Crippen LogP contribution in [-0.4, -0.2) is 43.2 Å². The normalized spacial score (nSPS) is 11.9. The second-order valence-electron chi connectivity index (χ2n) is 5.65. The average molecular weight is 411 g/mol. The first-order valence-corrected chi connectivity index (χ1v) is 11.1. The Morgan fingerprint density at radius 2 is 1.88 bits per heavy atom. The molecule has 0 aliphatic rings. The lowest BCUT2D eigenvalue weighted by molar-refractivity contribution is 0.186. The van der Waals surface area contributed by atoms with Gasteiger partial charge >= 0.3 is 0 Å². The summed E-state index contributed by atoms with van der Waals surface area (Å²) in [6.07, 6.45) is 0. The van der Waals surface area contributed by atoms with Crippen molar-refractivity contribution in [3.05, 3.63) is 53.6 Å². The maximum atomic E-state index is 12.5. The zero-order valence-electron chi connectivity index (χ0n) is 14.3. The van der Waals surface area contributed by atoms with Gasteiger partial charge in [-0.1, -0.05) is 35.5 Å². The average Bonchev–Trinajstić information content (AvgIpc) is 2.97. The van der Waals surface area contributed by atoms with E-state index in [9.17, 15) is 8.42 Å². The Balaban J connectivity index is 1.74. The van der Waals surface area contributed by atoms with E-state index >= 15 is 0 Å². The first-order chi connectivity index (χ1) is 12.5. The third-order valence-electron chi connectivity index (χ3n) is 3.89. The molecule has 8 heteroatoms. The van der Waals surface area contributed by atoms with Crippen LogP contribution in [0, 0.1) is 0 Å². The maximum Gasteiger partial charge on any atom is 0.179 e. The molecule has 138 valence electrons. The van der Waals surface area contributed by atoms with Crippen LogP contribution in [0.25, 0.3) is 11.0 Å². The quantitative estimate of drug-likeness (QED) is 0.527. The van der Waals surface area contributed by atoms with Gasteiger partial charge in [-0.25, -0.2) is 13.4 Å². The summed E-state index contributed by atoms with van der Waals surface area (Å²) >= 11 is 7.26. The summed E-state index contributed by atoms with van der Waals surface area (Å²) in [6.45, 7) is 1.24. The number of aromatic nitrogens is 2. The van der Waals surface area contributed by atoms with Gasteiger partial charge in [-0.2, -0.15) is 0 Å². The van der Waals surface area contributed by atoms with E-state index in [1.54, 1.807) is 19.2 Å². The number of halogens is 1. The van der Waals surface area contributed by atoms with Gasteiger partial charge in [-0.15, -0.1) is 0 Å². The zero-order valence-corrected chi connectivity index (χ0v) is 16.6. The van der Waals surface area contributed by atoms with Crippen LogP contribution in [0.5, 0.6) is 0 Å². The third kappa shape index (κ3) is 4.40. The van der Waals surface area contributed by atoms with Crippen molar-refractivity contribution in [3.63, 3.8) is 0 Å². The molecule has 1 aromatic heterocycles. The summed E-state index contributed by atoms with van der Waals surface area (Å²) in [5.41, 5.74) is 1.92. The van der Waals surface area contributed by atoms with Crippen molar-refractivity contribution in [1.82, 2.24) is 9.55 Å². The van der Waals surface area contributed by atoms with Crippen LogP contribution in [-0.2, 0) is 21.1 Å². The molecule has 0 saturated heterocycles. The standard InChI is InChI=1S/C18H19ClN2O3S2/c1-24-11-10-21-17-5-3-2-4-16(17)20-18(21)25-12-13-26(22,23)15-8-6-14(19)7-9-15/h2-9H,10-13H2,1H3. The molecule has 0 unspecified atom stereocenters. The fourth-order valence-electron chi connectivity index (χ4n) is 2.56. The topological polar surface area (TPSA) is 61.2 Å². The van der Waals surface area contributed by atoms with E-state index < -0.39 is 9.84 Å². The van der Waals surface area contributed by atoms with Crippen molar-refractivity contribution in [1.29, 1.82) is 0 Å². The van der Waals surface area contributed by atoms with E-state index in [1.165, 1.54) is 23.9 Å². The first-order valence-electron chi connectivity index (χ1n) is 8.06. The molecule has 0 amide bonds. The van der Waals surface area contributed by atoms with Crippen molar-refractivity contribution in [2.45, 2.75) is 16.6 Å². The number of ether oxygens (including phenoxy) is 1. The molecule has 0 fully saturated rings. The fourth-order valence-corrected chi connectivity index (χ4v) is 5.38. The number of nitrogens with zero attached hydrogens (tertiary/aromatic N) is 2. The number of rotatable bonds is 8. The monoisotopic (exact) mass is 410 g/mol. The summed E-state index contributed by atoms with van der Waals surface area (Å²) in [5, 5.41) is 1.32. The largest absolute Gasteiger partial charge is 0.383 e. The molecular weight excluding hydrogens is 392 g/mol. The Bertz CT molecular complexity index is 985. The van der Waals surface area contributed by atoms with Gasteiger partial charge in [-0.3, -0.25) is 0 Å². The number of thioether (sulfide) groups is 1. The lowest BCUT2D eigenvalue weighted by Gasteiger charge is -2.08. The number of para-hydroxylation sites is 2. The van der Waals surface area contributed by atoms with Gasteiger partial charge in [0.1, 0.15) is 0 Å². The van der Waals surface area contributed by atoms with E-state index in [4.69, 9.17) is 16.3 Å². The number of hydrogen-bond acceptors (Lipinski definition) is 5. The van der Waals surface area contributed by atoms with E-state index in [1.807, 2.05) is 24.3 Å². The number of imidazole rings is 1. The van der Waals surface area contributed by atoms with Crippen LogP contribution in [0.2, 0.25) is 5.02 Å². The van der Waals surface area contributed by atoms with Crippen LogP contribution >= 0.6 is 23.4 Å². The SMILES string of the molecule is COCCn1c(SCCS(=O)(=O)c2ccc(Cl)cc2)nc2ccccc21. The Kier molecular flexibility index (Phi) is 6.24. The van der Waals surface area contributed by atoms with Gasteiger partial charge in [0, 0.05) is 24.4 Å². The summed E-state index contributed by atoms with van der Waals surface area (Å²) in [6, 6.07) is 14.1. The van der Waals surface area contributed by atoms with Gasteiger partial charge in [-0.05, 0) is 36.4 Å². The minimum Gasteiger partial charge on any atom is -0.383 e. The molecule has 3 aromatic rings. The van der Waals surface area contributed by atoms with Gasteiger partial charge in [0.15, 0.2) is 15.0 Å². The summed E-state index contributed by atoms with van der Waals surface area (Å²) < 4.78 is 32.2. The molecule has 0 atom stereocenters. The molecule has 0 saturated carbocycles. The molecule has 0 radical (unpaired) electrons. The highest BCUT2D eigenvalue weighted by Crippen LogP contribution is 2.25. The van der Waals surface area contributed by atoms with E-state index in [2.05, 4.69) is 9.55 Å². The van der Waals surface area contributed by atoms with Crippen molar-refractivity contribution in [3.8, 4) is 0 Å². The second kappa shape index (κ2) is 8.43. The fraction of sp³-hybridized carbons (Fsp3) is 0.278. The van der Waals surface area contributed by atoms with Crippen LogP contribution in [0.4, 0.5) is 0 Å². The molecule has 0 spiro atoms. The predicted octanol–water partition coefficient (Wildman–Crippen LogP) is 3.90. The van der Waals surface area contributed by atoms with Crippen molar-refractivity contribution in [2.75, 3.05) is 25.2 Å². The molecular formula is C18H19ClN2O3S2. The second-order valence-corrected chi connectivity index (χ2v) is 9.26. The number of sulfone groups is 1. The highest BCUT2D eigenvalue weighted by atomic mass is 35.5. The van der Waals surface area contributed by atoms with Gasteiger partial charge in [0.25, 0.3) is 0 Å². The summed E-state index contributed by atoms with van der Waals surface area (Å²) in [5.74, 6) is 0.452. The maximum absolute atomic E-state index is 12.5. The summed E-state index contributed by atoms with van der Waals surface area (Å²) in [4.78, 5) is 4.91. The van der Waals surface area contributed by atoms with Crippen LogP contribution in [0.3, 0.4) is 0 Å². The van der Waals surface area contributed by atoms with E-state index in [-0.39, 0.29) is 10.6 Å². The molecule has 0 bridgehead atoms. The lowest BCUT2D eigenvalue weighted by Crippen LogP contribution is -2.10. The molecule has 0 aliphatic carbocycles. The van der Waals surface area contributed by atoms with Crippen molar-refractivity contribution >= 4 is 44.2 Å².